The maximum Gasteiger partial charge on any atom is 0.387 e. The Balaban J connectivity index is 2.33. The highest BCUT2D eigenvalue weighted by Gasteiger charge is 2.25. The zero-order chi connectivity index (χ0) is 11.7. The number of likely N-dealkylation sites (N-methyl/N-ethyl adjacent to an activating group) is 1. The van der Waals surface area contributed by atoms with E-state index in [1.54, 1.807) is 7.05 Å². The van der Waals surface area contributed by atoms with Gasteiger partial charge in [-0.1, -0.05) is 0 Å². The highest BCUT2D eigenvalue weighted by atomic mass is 19.3. The molecule has 0 saturated carbocycles. The number of alkyl halides is 2. The highest BCUT2D eigenvalue weighted by molar-refractivity contribution is 5.45. The van der Waals surface area contributed by atoms with Gasteiger partial charge in [0.25, 0.3) is 0 Å². The van der Waals surface area contributed by atoms with Gasteiger partial charge < -0.3 is 14.8 Å². The lowest BCUT2D eigenvalue weighted by atomic mass is 10.1. The molecule has 1 N–H and O–H groups in total. The third kappa shape index (κ3) is 1.92. The molecule has 1 aromatic rings. The Hall–Kier alpha value is -1.43. The summed E-state index contributed by atoms with van der Waals surface area (Å²) in [6.45, 7) is -2.70. The second kappa shape index (κ2) is 4.21. The van der Waals surface area contributed by atoms with Crippen LogP contribution in [0.4, 0.5) is 13.2 Å². The van der Waals surface area contributed by atoms with Crippen molar-refractivity contribution in [1.29, 1.82) is 0 Å². The van der Waals surface area contributed by atoms with Gasteiger partial charge in [0, 0.05) is 11.6 Å². The normalized spacial score (nSPS) is 18.4. The molecule has 0 amide bonds. The van der Waals surface area contributed by atoms with E-state index in [2.05, 4.69) is 10.1 Å². The van der Waals surface area contributed by atoms with E-state index in [0.29, 0.717) is 17.9 Å². The average molecular weight is 233 g/mol. The molecule has 1 atom stereocenters. The maximum absolute atomic E-state index is 13.4. The molecule has 0 bridgehead atoms. The fraction of sp³-hybridized carbons (Fsp3) is 0.400. The van der Waals surface area contributed by atoms with Crippen LogP contribution in [0.25, 0.3) is 0 Å². The van der Waals surface area contributed by atoms with E-state index < -0.39 is 18.2 Å². The molecular weight excluding hydrogens is 223 g/mol. The fourth-order valence-electron chi connectivity index (χ4n) is 1.64. The lowest BCUT2D eigenvalue weighted by Gasteiger charge is -2.09. The molecule has 2 rings (SSSR count). The minimum absolute atomic E-state index is 0.120. The standard InChI is InChI=1S/C10H10F3NO2/c1-14-7-4-15-8-3-9(16-10(12)13)6(11)2-5(7)8/h2-3,7,10,14H,4H2,1H3/t7-/m0/s1. The molecule has 1 aliphatic rings. The monoisotopic (exact) mass is 233 g/mol. The fourth-order valence-corrected chi connectivity index (χ4v) is 1.64. The van der Waals surface area contributed by atoms with Crippen molar-refractivity contribution in [2.75, 3.05) is 13.7 Å². The van der Waals surface area contributed by atoms with Crippen molar-refractivity contribution in [2.24, 2.45) is 0 Å². The van der Waals surface area contributed by atoms with Gasteiger partial charge in [-0.2, -0.15) is 8.78 Å². The molecule has 16 heavy (non-hydrogen) atoms. The topological polar surface area (TPSA) is 30.5 Å². The molecule has 88 valence electrons. The first-order chi connectivity index (χ1) is 7.61. The summed E-state index contributed by atoms with van der Waals surface area (Å²) in [5.74, 6) is -0.938. The van der Waals surface area contributed by atoms with Gasteiger partial charge >= 0.3 is 6.61 Å². The molecule has 1 heterocycles. The summed E-state index contributed by atoms with van der Waals surface area (Å²) >= 11 is 0. The smallest absolute Gasteiger partial charge is 0.387 e. The van der Waals surface area contributed by atoms with Gasteiger partial charge in [0.2, 0.25) is 0 Å². The lowest BCUT2D eigenvalue weighted by molar-refractivity contribution is -0.0522. The molecular formula is C10H10F3NO2. The Labute approximate surface area is 90.2 Å². The van der Waals surface area contributed by atoms with Gasteiger partial charge in [0.15, 0.2) is 11.6 Å². The molecule has 0 unspecified atom stereocenters. The molecule has 0 saturated heterocycles. The van der Waals surface area contributed by atoms with Gasteiger partial charge in [-0.05, 0) is 13.1 Å². The third-order valence-electron chi connectivity index (χ3n) is 2.41. The van der Waals surface area contributed by atoms with Crippen LogP contribution >= 0.6 is 0 Å². The van der Waals surface area contributed by atoms with Crippen LogP contribution in [0.3, 0.4) is 0 Å². The van der Waals surface area contributed by atoms with Crippen LogP contribution in [0, 0.1) is 5.82 Å². The summed E-state index contributed by atoms with van der Waals surface area (Å²) < 4.78 is 46.5. The summed E-state index contributed by atoms with van der Waals surface area (Å²) in [7, 11) is 1.71. The minimum Gasteiger partial charge on any atom is -0.491 e. The number of hydrogen-bond acceptors (Lipinski definition) is 3. The predicted molar refractivity (Wildman–Crippen MR) is 50.3 cm³/mol. The zero-order valence-corrected chi connectivity index (χ0v) is 8.47. The SMILES string of the molecule is CN[C@H]1COc2cc(OC(F)F)c(F)cc21. The molecule has 1 aromatic carbocycles. The van der Waals surface area contributed by atoms with Gasteiger partial charge in [0.1, 0.15) is 12.4 Å². The molecule has 0 aromatic heterocycles. The second-order valence-electron chi connectivity index (χ2n) is 3.35. The lowest BCUT2D eigenvalue weighted by Crippen LogP contribution is -2.17. The highest BCUT2D eigenvalue weighted by Crippen LogP contribution is 2.37. The summed E-state index contributed by atoms with van der Waals surface area (Å²) in [6.07, 6.45) is 0. The first-order valence-electron chi connectivity index (χ1n) is 4.70. The first kappa shape index (κ1) is 11.1. The van der Waals surface area contributed by atoms with E-state index in [-0.39, 0.29) is 6.04 Å². The summed E-state index contributed by atoms with van der Waals surface area (Å²) in [4.78, 5) is 0. The third-order valence-corrected chi connectivity index (χ3v) is 2.41. The molecule has 1 aliphatic heterocycles. The van der Waals surface area contributed by atoms with E-state index in [9.17, 15) is 13.2 Å². The van der Waals surface area contributed by atoms with Crippen molar-refractivity contribution >= 4 is 0 Å². The summed E-state index contributed by atoms with van der Waals surface area (Å²) in [6, 6.07) is 2.18. The number of benzene rings is 1. The first-order valence-corrected chi connectivity index (χ1v) is 4.70. The van der Waals surface area contributed by atoms with Gasteiger partial charge in [-0.3, -0.25) is 0 Å². The van der Waals surface area contributed by atoms with E-state index >= 15 is 0 Å². The quantitative estimate of drug-likeness (QED) is 0.867. The van der Waals surface area contributed by atoms with E-state index in [4.69, 9.17) is 4.74 Å². The summed E-state index contributed by atoms with van der Waals surface area (Å²) in [5.41, 5.74) is 0.613. The van der Waals surface area contributed by atoms with Crippen LogP contribution in [-0.4, -0.2) is 20.3 Å². The largest absolute Gasteiger partial charge is 0.491 e. The molecule has 0 radical (unpaired) electrons. The van der Waals surface area contributed by atoms with Gasteiger partial charge in [-0.15, -0.1) is 0 Å². The van der Waals surface area contributed by atoms with Crippen LogP contribution in [0.1, 0.15) is 11.6 Å². The number of halogens is 3. The van der Waals surface area contributed by atoms with Crippen LogP contribution in [-0.2, 0) is 0 Å². The number of nitrogens with one attached hydrogen (secondary N) is 1. The Morgan fingerprint density at radius 2 is 2.25 bits per heavy atom. The molecule has 0 spiro atoms. The van der Waals surface area contributed by atoms with Crippen molar-refractivity contribution in [2.45, 2.75) is 12.7 Å². The van der Waals surface area contributed by atoms with E-state index in [0.717, 1.165) is 12.1 Å². The number of ether oxygens (including phenoxy) is 2. The second-order valence-corrected chi connectivity index (χ2v) is 3.35. The molecule has 3 nitrogen and oxygen atoms in total. The van der Waals surface area contributed by atoms with Crippen LogP contribution in [0.5, 0.6) is 11.5 Å². The van der Waals surface area contributed by atoms with E-state index in [1.807, 2.05) is 0 Å². The minimum atomic E-state index is -3.05. The van der Waals surface area contributed by atoms with Gasteiger partial charge in [-0.25, -0.2) is 4.39 Å². The predicted octanol–water partition coefficient (Wildman–Crippen LogP) is 2.08. The molecule has 0 fully saturated rings. The van der Waals surface area contributed by atoms with Crippen molar-refractivity contribution in [1.82, 2.24) is 5.32 Å². The Bertz CT molecular complexity index is 398. The Morgan fingerprint density at radius 1 is 1.50 bits per heavy atom. The Morgan fingerprint density at radius 3 is 2.88 bits per heavy atom. The van der Waals surface area contributed by atoms with Crippen molar-refractivity contribution in [3.63, 3.8) is 0 Å². The van der Waals surface area contributed by atoms with Crippen LogP contribution in [0.2, 0.25) is 0 Å². The number of fused-ring (bicyclic) bond motifs is 1. The van der Waals surface area contributed by atoms with Crippen LogP contribution < -0.4 is 14.8 Å². The van der Waals surface area contributed by atoms with E-state index in [1.165, 1.54) is 0 Å². The van der Waals surface area contributed by atoms with Gasteiger partial charge in [0.05, 0.1) is 6.04 Å². The van der Waals surface area contributed by atoms with Crippen molar-refractivity contribution in [3.8, 4) is 11.5 Å². The zero-order valence-electron chi connectivity index (χ0n) is 8.47. The summed E-state index contributed by atoms with van der Waals surface area (Å²) in [5, 5.41) is 2.93. The van der Waals surface area contributed by atoms with Crippen molar-refractivity contribution in [3.05, 3.63) is 23.5 Å². The maximum atomic E-state index is 13.4. The van der Waals surface area contributed by atoms with Crippen LogP contribution in [0.15, 0.2) is 12.1 Å². The Kier molecular flexibility index (Phi) is 2.91. The van der Waals surface area contributed by atoms with Crippen molar-refractivity contribution < 1.29 is 22.6 Å². The molecule has 0 aliphatic carbocycles. The molecule has 6 heteroatoms. The number of rotatable bonds is 3. The average Bonchev–Trinajstić information content (AvgIpc) is 2.60. The number of hydrogen-bond donors (Lipinski definition) is 1.